The van der Waals surface area contributed by atoms with E-state index in [0.29, 0.717) is 5.15 Å². The second kappa shape index (κ2) is 2.40. The maximum Gasteiger partial charge on any atom is 0.154 e. The number of H-pyrrole nitrogens is 1. The summed E-state index contributed by atoms with van der Waals surface area (Å²) in [6, 6.07) is 0. The van der Waals surface area contributed by atoms with Crippen molar-refractivity contribution in [1.82, 2.24) is 10.2 Å². The maximum atomic E-state index is 5.70. The third-order valence-corrected chi connectivity index (χ3v) is 1.69. The number of halogens is 1. The number of rotatable bonds is 1. The Hall–Kier alpha value is -0.500. The molecule has 1 aromatic heterocycles. The number of aryl methyl sites for hydroxylation is 1. The summed E-state index contributed by atoms with van der Waals surface area (Å²) in [5.41, 5.74) is 2.19. The first-order valence-corrected chi connectivity index (χ1v) is 3.32. The highest BCUT2D eigenvalue weighted by atomic mass is 35.5. The van der Waals surface area contributed by atoms with Crippen molar-refractivity contribution in [3.8, 4) is 0 Å². The minimum Gasteiger partial charge on any atom is -0.281 e. The molecule has 0 aliphatic carbocycles. The van der Waals surface area contributed by atoms with Crippen LogP contribution in [-0.4, -0.2) is 10.2 Å². The van der Waals surface area contributed by atoms with Crippen LogP contribution in [0.3, 0.4) is 0 Å². The molecule has 0 aromatic carbocycles. The summed E-state index contributed by atoms with van der Waals surface area (Å²) < 4.78 is 0. The number of aromatic amines is 1. The van der Waals surface area contributed by atoms with Gasteiger partial charge in [-0.05, 0) is 13.3 Å². The lowest BCUT2D eigenvalue weighted by Gasteiger charge is -1.89. The van der Waals surface area contributed by atoms with Gasteiger partial charge in [0.2, 0.25) is 0 Å². The van der Waals surface area contributed by atoms with Crippen LogP contribution >= 0.6 is 11.6 Å². The molecule has 0 atom stereocenters. The van der Waals surface area contributed by atoms with Crippen LogP contribution in [0.2, 0.25) is 5.15 Å². The van der Waals surface area contributed by atoms with Crippen LogP contribution in [0.4, 0.5) is 0 Å². The van der Waals surface area contributed by atoms with Crippen LogP contribution in [0.5, 0.6) is 0 Å². The number of hydrogen-bond acceptors (Lipinski definition) is 1. The molecule has 1 N–H and O–H groups in total. The van der Waals surface area contributed by atoms with Gasteiger partial charge in [0.15, 0.2) is 5.15 Å². The van der Waals surface area contributed by atoms with Crippen molar-refractivity contribution in [2.45, 2.75) is 20.3 Å². The Morgan fingerprint density at radius 1 is 1.67 bits per heavy atom. The predicted octanol–water partition coefficient (Wildman–Crippen LogP) is 1.93. The molecular formula is C6H9ClN2. The minimum atomic E-state index is 0.606. The van der Waals surface area contributed by atoms with Gasteiger partial charge in [0.1, 0.15) is 0 Å². The number of nitrogens with zero attached hydrogens (tertiary/aromatic N) is 1. The molecule has 1 aromatic rings. The van der Waals surface area contributed by atoms with Crippen molar-refractivity contribution in [2.24, 2.45) is 0 Å². The second-order valence-corrected chi connectivity index (χ2v) is 2.33. The van der Waals surface area contributed by atoms with Gasteiger partial charge in [-0.15, -0.1) is 0 Å². The van der Waals surface area contributed by atoms with Crippen LogP contribution in [0, 0.1) is 6.92 Å². The Morgan fingerprint density at radius 3 is 2.56 bits per heavy atom. The molecule has 0 bridgehead atoms. The molecule has 9 heavy (non-hydrogen) atoms. The largest absolute Gasteiger partial charge is 0.281 e. The van der Waals surface area contributed by atoms with E-state index in [2.05, 4.69) is 17.1 Å². The van der Waals surface area contributed by atoms with Crippen molar-refractivity contribution in [1.29, 1.82) is 0 Å². The van der Waals surface area contributed by atoms with E-state index in [-0.39, 0.29) is 0 Å². The van der Waals surface area contributed by atoms with Crippen molar-refractivity contribution in [2.75, 3.05) is 0 Å². The van der Waals surface area contributed by atoms with E-state index >= 15 is 0 Å². The van der Waals surface area contributed by atoms with Gasteiger partial charge >= 0.3 is 0 Å². The molecule has 0 radical (unpaired) electrons. The molecule has 0 aliphatic heterocycles. The molecule has 0 unspecified atom stereocenters. The lowest BCUT2D eigenvalue weighted by Crippen LogP contribution is -1.79. The van der Waals surface area contributed by atoms with E-state index in [0.717, 1.165) is 17.7 Å². The summed E-state index contributed by atoms with van der Waals surface area (Å²) in [7, 11) is 0. The smallest absolute Gasteiger partial charge is 0.154 e. The Morgan fingerprint density at radius 2 is 2.33 bits per heavy atom. The van der Waals surface area contributed by atoms with E-state index in [1.54, 1.807) is 0 Å². The third-order valence-electron chi connectivity index (χ3n) is 1.38. The van der Waals surface area contributed by atoms with E-state index in [4.69, 9.17) is 11.6 Å². The van der Waals surface area contributed by atoms with Crippen LogP contribution in [-0.2, 0) is 6.42 Å². The summed E-state index contributed by atoms with van der Waals surface area (Å²) in [5, 5.41) is 7.24. The second-order valence-electron chi connectivity index (χ2n) is 1.97. The van der Waals surface area contributed by atoms with Gasteiger partial charge < -0.3 is 0 Å². The van der Waals surface area contributed by atoms with Crippen LogP contribution in [0.1, 0.15) is 18.2 Å². The first-order chi connectivity index (χ1) is 4.25. The minimum absolute atomic E-state index is 0.606. The highest BCUT2D eigenvalue weighted by molar-refractivity contribution is 6.30. The summed E-state index contributed by atoms with van der Waals surface area (Å²) in [5.74, 6) is 0. The fourth-order valence-corrected chi connectivity index (χ4v) is 1.15. The summed E-state index contributed by atoms with van der Waals surface area (Å²) in [6.45, 7) is 4.03. The van der Waals surface area contributed by atoms with Crippen molar-refractivity contribution in [3.05, 3.63) is 16.4 Å². The van der Waals surface area contributed by atoms with E-state index < -0.39 is 0 Å². The van der Waals surface area contributed by atoms with Crippen LogP contribution < -0.4 is 0 Å². The van der Waals surface area contributed by atoms with Gasteiger partial charge in [-0.2, -0.15) is 5.10 Å². The highest BCUT2D eigenvalue weighted by Crippen LogP contribution is 2.15. The van der Waals surface area contributed by atoms with E-state index in [9.17, 15) is 0 Å². The molecule has 0 saturated heterocycles. The van der Waals surface area contributed by atoms with E-state index in [1.807, 2.05) is 6.92 Å². The van der Waals surface area contributed by atoms with Crippen LogP contribution in [0.15, 0.2) is 0 Å². The van der Waals surface area contributed by atoms with Gasteiger partial charge in [0.05, 0.1) is 0 Å². The maximum absolute atomic E-state index is 5.70. The fourth-order valence-electron chi connectivity index (χ4n) is 0.834. The zero-order valence-corrected chi connectivity index (χ0v) is 6.29. The molecule has 50 valence electrons. The average Bonchev–Trinajstić information content (AvgIpc) is 2.12. The van der Waals surface area contributed by atoms with Crippen molar-refractivity contribution >= 4 is 11.6 Å². The normalized spacial score (nSPS) is 10.1. The van der Waals surface area contributed by atoms with Gasteiger partial charge in [-0.25, -0.2) is 0 Å². The van der Waals surface area contributed by atoms with Gasteiger partial charge in [0.25, 0.3) is 0 Å². The molecule has 2 nitrogen and oxygen atoms in total. The number of hydrogen-bond donors (Lipinski definition) is 1. The summed E-state index contributed by atoms with van der Waals surface area (Å²) in [4.78, 5) is 0. The fraction of sp³-hybridized carbons (Fsp3) is 0.500. The van der Waals surface area contributed by atoms with E-state index in [1.165, 1.54) is 0 Å². The Balaban J connectivity index is 3.07. The van der Waals surface area contributed by atoms with Crippen LogP contribution in [0.25, 0.3) is 0 Å². The molecule has 3 heteroatoms. The molecule has 0 saturated carbocycles. The zero-order valence-electron chi connectivity index (χ0n) is 5.53. The summed E-state index contributed by atoms with van der Waals surface area (Å²) >= 11 is 5.70. The Bertz CT molecular complexity index is 185. The summed E-state index contributed by atoms with van der Waals surface area (Å²) in [6.07, 6.45) is 0.946. The third kappa shape index (κ3) is 1.08. The standard InChI is InChI=1S/C6H9ClN2/c1-3-5-4(2)8-9-6(5)7/h3H2,1-2H3,(H,8,9). The average molecular weight is 145 g/mol. The topological polar surface area (TPSA) is 28.7 Å². The zero-order chi connectivity index (χ0) is 6.85. The Labute approximate surface area is 59.2 Å². The molecule has 0 fully saturated rings. The lowest BCUT2D eigenvalue weighted by molar-refractivity contribution is 1.04. The molecule has 0 spiro atoms. The molecular weight excluding hydrogens is 136 g/mol. The highest BCUT2D eigenvalue weighted by Gasteiger charge is 2.03. The van der Waals surface area contributed by atoms with Crippen molar-refractivity contribution in [3.63, 3.8) is 0 Å². The molecule has 0 aliphatic rings. The molecule has 1 heterocycles. The number of nitrogens with one attached hydrogen (secondary N) is 1. The van der Waals surface area contributed by atoms with Gasteiger partial charge in [0, 0.05) is 11.3 Å². The predicted molar refractivity (Wildman–Crippen MR) is 37.7 cm³/mol. The first-order valence-electron chi connectivity index (χ1n) is 2.95. The Kier molecular flexibility index (Phi) is 1.76. The lowest BCUT2D eigenvalue weighted by atomic mass is 10.2. The van der Waals surface area contributed by atoms with Gasteiger partial charge in [-0.3, -0.25) is 5.10 Å². The number of aromatic nitrogens is 2. The van der Waals surface area contributed by atoms with Gasteiger partial charge in [-0.1, -0.05) is 18.5 Å². The molecule has 0 amide bonds. The van der Waals surface area contributed by atoms with Crippen molar-refractivity contribution < 1.29 is 0 Å². The monoisotopic (exact) mass is 144 g/mol. The quantitative estimate of drug-likeness (QED) is 0.641. The first kappa shape index (κ1) is 6.62. The molecule has 1 rings (SSSR count). The SMILES string of the molecule is CCc1c(Cl)n[nH]c1C.